The summed E-state index contributed by atoms with van der Waals surface area (Å²) in [4.78, 5) is 0. The Balaban J connectivity index is 1.79. The van der Waals surface area contributed by atoms with E-state index in [-0.39, 0.29) is 0 Å². The molecule has 1 heterocycles. The minimum Gasteiger partial charge on any atom is -0.486 e. The zero-order valence-corrected chi connectivity index (χ0v) is 11.0. The van der Waals surface area contributed by atoms with Crippen molar-refractivity contribution in [3.05, 3.63) is 23.8 Å². The lowest BCUT2D eigenvalue weighted by atomic mass is 10.1. The lowest BCUT2D eigenvalue weighted by Crippen LogP contribution is -2.22. The third-order valence-corrected chi connectivity index (χ3v) is 2.92. The predicted octanol–water partition coefficient (Wildman–Crippen LogP) is 1.55. The highest BCUT2D eigenvalue weighted by Crippen LogP contribution is 2.33. The van der Waals surface area contributed by atoms with Gasteiger partial charge in [0.05, 0.1) is 0 Å². The van der Waals surface area contributed by atoms with Gasteiger partial charge < -0.3 is 20.1 Å². The Bertz CT molecular complexity index is 369. The Labute approximate surface area is 109 Å². The van der Waals surface area contributed by atoms with Gasteiger partial charge in [-0.15, -0.1) is 0 Å². The molecule has 1 aromatic carbocycles. The number of hydrogen-bond donors (Lipinski definition) is 2. The fraction of sp³-hybridized carbons (Fsp3) is 0.571. The standard InChI is InChI=1S/C14H22N2O2/c1-2-15-7-4-8-16-11-12-5-3-6-13-14(12)18-10-9-17-13/h3,5-6,15-16H,2,4,7-11H2,1H3. The molecule has 0 radical (unpaired) electrons. The lowest BCUT2D eigenvalue weighted by Gasteiger charge is -2.21. The number of benzene rings is 1. The second-order valence-corrected chi connectivity index (χ2v) is 4.33. The Morgan fingerprint density at radius 1 is 1.11 bits per heavy atom. The third-order valence-electron chi connectivity index (χ3n) is 2.92. The zero-order valence-electron chi connectivity index (χ0n) is 11.0. The summed E-state index contributed by atoms with van der Waals surface area (Å²) in [6, 6.07) is 6.07. The molecule has 0 unspecified atom stereocenters. The van der Waals surface area contributed by atoms with Crippen LogP contribution in [0, 0.1) is 0 Å². The molecule has 18 heavy (non-hydrogen) atoms. The maximum atomic E-state index is 5.67. The smallest absolute Gasteiger partial charge is 0.165 e. The molecule has 0 bridgehead atoms. The van der Waals surface area contributed by atoms with Crippen LogP contribution in [0.5, 0.6) is 11.5 Å². The Morgan fingerprint density at radius 3 is 2.83 bits per heavy atom. The summed E-state index contributed by atoms with van der Waals surface area (Å²) < 4.78 is 11.2. The highest BCUT2D eigenvalue weighted by molar-refractivity contribution is 5.47. The van der Waals surface area contributed by atoms with Crippen molar-refractivity contribution in [1.82, 2.24) is 10.6 Å². The van der Waals surface area contributed by atoms with Gasteiger partial charge in [-0.05, 0) is 32.1 Å². The second kappa shape index (κ2) is 7.24. The Morgan fingerprint density at radius 2 is 1.94 bits per heavy atom. The molecule has 0 saturated heterocycles. The van der Waals surface area contributed by atoms with Gasteiger partial charge in [-0.1, -0.05) is 19.1 Å². The van der Waals surface area contributed by atoms with E-state index in [9.17, 15) is 0 Å². The zero-order chi connectivity index (χ0) is 12.6. The molecule has 0 amide bonds. The van der Waals surface area contributed by atoms with E-state index >= 15 is 0 Å². The van der Waals surface area contributed by atoms with Crippen LogP contribution in [0.25, 0.3) is 0 Å². The molecule has 4 nitrogen and oxygen atoms in total. The summed E-state index contributed by atoms with van der Waals surface area (Å²) >= 11 is 0. The lowest BCUT2D eigenvalue weighted by molar-refractivity contribution is 0.169. The van der Waals surface area contributed by atoms with E-state index in [1.807, 2.05) is 12.1 Å². The van der Waals surface area contributed by atoms with Gasteiger partial charge in [0, 0.05) is 12.1 Å². The molecular weight excluding hydrogens is 228 g/mol. The van der Waals surface area contributed by atoms with Gasteiger partial charge in [-0.2, -0.15) is 0 Å². The minimum absolute atomic E-state index is 0.643. The van der Waals surface area contributed by atoms with Crippen molar-refractivity contribution in [2.24, 2.45) is 0 Å². The van der Waals surface area contributed by atoms with E-state index in [2.05, 4.69) is 23.6 Å². The summed E-state index contributed by atoms with van der Waals surface area (Å²) in [5, 5.41) is 6.75. The van der Waals surface area contributed by atoms with Crippen molar-refractivity contribution in [2.45, 2.75) is 19.9 Å². The fourth-order valence-electron chi connectivity index (χ4n) is 2.01. The minimum atomic E-state index is 0.643. The monoisotopic (exact) mass is 250 g/mol. The van der Waals surface area contributed by atoms with Crippen LogP contribution in [0.3, 0.4) is 0 Å². The van der Waals surface area contributed by atoms with Crippen LogP contribution in [-0.4, -0.2) is 32.8 Å². The first-order chi connectivity index (χ1) is 8.92. The number of ether oxygens (including phenoxy) is 2. The van der Waals surface area contributed by atoms with Crippen LogP contribution in [0.15, 0.2) is 18.2 Å². The van der Waals surface area contributed by atoms with Gasteiger partial charge in [-0.25, -0.2) is 0 Å². The molecule has 0 fully saturated rings. The molecule has 0 atom stereocenters. The van der Waals surface area contributed by atoms with Crippen LogP contribution in [0.1, 0.15) is 18.9 Å². The van der Waals surface area contributed by atoms with E-state index in [0.717, 1.165) is 44.1 Å². The van der Waals surface area contributed by atoms with Crippen LogP contribution in [-0.2, 0) is 6.54 Å². The van der Waals surface area contributed by atoms with E-state index < -0.39 is 0 Å². The molecule has 2 rings (SSSR count). The summed E-state index contributed by atoms with van der Waals surface area (Å²) in [7, 11) is 0. The van der Waals surface area contributed by atoms with Crippen LogP contribution in [0.2, 0.25) is 0 Å². The second-order valence-electron chi connectivity index (χ2n) is 4.33. The Kier molecular flexibility index (Phi) is 5.30. The molecule has 1 aliphatic heterocycles. The van der Waals surface area contributed by atoms with Gasteiger partial charge in [0.25, 0.3) is 0 Å². The third kappa shape index (κ3) is 3.62. The van der Waals surface area contributed by atoms with Gasteiger partial charge in [0.15, 0.2) is 11.5 Å². The van der Waals surface area contributed by atoms with Gasteiger partial charge in [0.1, 0.15) is 13.2 Å². The van der Waals surface area contributed by atoms with Gasteiger partial charge in [0.2, 0.25) is 0 Å². The first kappa shape index (κ1) is 13.2. The molecule has 0 aromatic heterocycles. The predicted molar refractivity (Wildman–Crippen MR) is 72.3 cm³/mol. The number of para-hydroxylation sites is 1. The molecule has 2 N–H and O–H groups in total. The van der Waals surface area contributed by atoms with Crippen molar-refractivity contribution < 1.29 is 9.47 Å². The maximum absolute atomic E-state index is 5.67. The van der Waals surface area contributed by atoms with Crippen molar-refractivity contribution in [3.63, 3.8) is 0 Å². The quantitative estimate of drug-likeness (QED) is 0.721. The summed E-state index contributed by atoms with van der Waals surface area (Å²) in [6.07, 6.45) is 1.14. The number of nitrogens with one attached hydrogen (secondary N) is 2. The molecule has 1 aromatic rings. The SMILES string of the molecule is CCNCCCNCc1cccc2c1OCCO2. The summed E-state index contributed by atoms with van der Waals surface area (Å²) in [5.41, 5.74) is 1.18. The summed E-state index contributed by atoms with van der Waals surface area (Å²) in [6.45, 7) is 7.36. The van der Waals surface area contributed by atoms with Gasteiger partial charge >= 0.3 is 0 Å². The number of fused-ring (bicyclic) bond motifs is 1. The molecule has 4 heteroatoms. The van der Waals surface area contributed by atoms with E-state index in [1.165, 1.54) is 5.56 Å². The number of hydrogen-bond acceptors (Lipinski definition) is 4. The topological polar surface area (TPSA) is 42.5 Å². The van der Waals surface area contributed by atoms with Crippen LogP contribution < -0.4 is 20.1 Å². The van der Waals surface area contributed by atoms with E-state index in [0.29, 0.717) is 13.2 Å². The maximum Gasteiger partial charge on any atom is 0.165 e. The van der Waals surface area contributed by atoms with Crippen molar-refractivity contribution >= 4 is 0 Å². The van der Waals surface area contributed by atoms with E-state index in [4.69, 9.17) is 9.47 Å². The normalized spacial score (nSPS) is 13.6. The Hall–Kier alpha value is -1.26. The number of rotatable bonds is 7. The highest BCUT2D eigenvalue weighted by Gasteiger charge is 2.14. The summed E-state index contributed by atoms with van der Waals surface area (Å²) in [5.74, 6) is 1.77. The van der Waals surface area contributed by atoms with Crippen LogP contribution in [0.4, 0.5) is 0 Å². The first-order valence-corrected chi connectivity index (χ1v) is 6.70. The highest BCUT2D eigenvalue weighted by atomic mass is 16.6. The fourth-order valence-corrected chi connectivity index (χ4v) is 2.01. The van der Waals surface area contributed by atoms with Crippen molar-refractivity contribution in [3.8, 4) is 11.5 Å². The molecular formula is C14H22N2O2. The van der Waals surface area contributed by atoms with Gasteiger partial charge in [-0.3, -0.25) is 0 Å². The molecule has 100 valence electrons. The average Bonchev–Trinajstić information content (AvgIpc) is 2.43. The average molecular weight is 250 g/mol. The molecule has 0 saturated carbocycles. The first-order valence-electron chi connectivity index (χ1n) is 6.70. The molecule has 1 aliphatic rings. The molecule has 0 aliphatic carbocycles. The van der Waals surface area contributed by atoms with Crippen molar-refractivity contribution in [2.75, 3.05) is 32.8 Å². The van der Waals surface area contributed by atoms with Crippen LogP contribution >= 0.6 is 0 Å². The largest absolute Gasteiger partial charge is 0.486 e. The van der Waals surface area contributed by atoms with Crippen molar-refractivity contribution in [1.29, 1.82) is 0 Å². The van der Waals surface area contributed by atoms with E-state index in [1.54, 1.807) is 0 Å². The molecule has 0 spiro atoms.